The van der Waals surface area contributed by atoms with Crippen LogP contribution in [-0.2, 0) is 14.8 Å². The Balaban J connectivity index is 2.77. The van der Waals surface area contributed by atoms with E-state index in [0.717, 1.165) is 0 Å². The monoisotopic (exact) mass is 375 g/mol. The number of hydrogen-bond acceptors (Lipinski definition) is 3. The number of rotatable bonds is 6. The third kappa shape index (κ3) is 4.68. The second-order valence-electron chi connectivity index (χ2n) is 3.48. The van der Waals surface area contributed by atoms with Gasteiger partial charge < -0.3 is 4.74 Å². The minimum atomic E-state index is -3.59. The summed E-state index contributed by atoms with van der Waals surface area (Å²) in [6.07, 6.45) is 0. The zero-order valence-electron chi connectivity index (χ0n) is 9.49. The van der Waals surface area contributed by atoms with E-state index < -0.39 is 10.0 Å². The van der Waals surface area contributed by atoms with Crippen molar-refractivity contribution in [1.82, 2.24) is 4.72 Å². The molecule has 0 aliphatic carbocycles. The molecule has 0 aromatic heterocycles. The van der Waals surface area contributed by atoms with Gasteiger partial charge in [-0.15, -0.1) is 0 Å². The Morgan fingerprint density at radius 2 is 2.06 bits per heavy atom. The molecule has 0 saturated carbocycles. The molecule has 102 valence electrons. The number of halogens is 3. The highest BCUT2D eigenvalue weighted by Gasteiger charge is 2.16. The molecule has 0 radical (unpaired) electrons. The highest BCUT2D eigenvalue weighted by atomic mass is 79.9. The first-order valence-corrected chi connectivity index (χ1v) is 8.10. The van der Waals surface area contributed by atoms with E-state index in [1.54, 1.807) is 7.11 Å². The lowest BCUT2D eigenvalue weighted by Gasteiger charge is -2.11. The molecule has 1 atom stereocenters. The molecular weight excluding hydrogens is 365 g/mol. The topological polar surface area (TPSA) is 55.4 Å². The van der Waals surface area contributed by atoms with Gasteiger partial charge in [0, 0.05) is 13.7 Å². The number of alkyl halides is 1. The lowest BCUT2D eigenvalue weighted by Crippen LogP contribution is -2.31. The van der Waals surface area contributed by atoms with Crippen molar-refractivity contribution in [3.05, 3.63) is 28.2 Å². The molecule has 0 aliphatic heterocycles. The molecule has 1 N–H and O–H groups in total. The van der Waals surface area contributed by atoms with Crippen LogP contribution in [0.2, 0.25) is 10.0 Å². The maximum atomic E-state index is 11.9. The summed E-state index contributed by atoms with van der Waals surface area (Å²) in [5, 5.41) is 0.514. The zero-order valence-corrected chi connectivity index (χ0v) is 13.4. The fraction of sp³-hybridized carbons (Fsp3) is 0.400. The number of hydrogen-bond donors (Lipinski definition) is 1. The summed E-state index contributed by atoms with van der Waals surface area (Å²) in [5.41, 5.74) is 0. The summed E-state index contributed by atoms with van der Waals surface area (Å²) in [7, 11) is -2.05. The van der Waals surface area contributed by atoms with Crippen LogP contribution in [0.4, 0.5) is 0 Å². The van der Waals surface area contributed by atoms with Gasteiger partial charge in [0.15, 0.2) is 0 Å². The largest absolute Gasteiger partial charge is 0.383 e. The SMILES string of the molecule is COCC(Br)CNS(=O)(=O)c1ccc(Cl)c(Cl)c1. The summed E-state index contributed by atoms with van der Waals surface area (Å²) in [6.45, 7) is 0.625. The maximum Gasteiger partial charge on any atom is 0.240 e. The fourth-order valence-electron chi connectivity index (χ4n) is 1.17. The van der Waals surface area contributed by atoms with Gasteiger partial charge in [-0.2, -0.15) is 0 Å². The highest BCUT2D eigenvalue weighted by Crippen LogP contribution is 2.24. The summed E-state index contributed by atoms with van der Waals surface area (Å²) >= 11 is 14.8. The average molecular weight is 377 g/mol. The van der Waals surface area contributed by atoms with Gasteiger partial charge in [0.05, 0.1) is 26.4 Å². The van der Waals surface area contributed by atoms with E-state index in [-0.39, 0.29) is 21.3 Å². The van der Waals surface area contributed by atoms with Gasteiger partial charge in [0.2, 0.25) is 10.0 Å². The van der Waals surface area contributed by atoms with Gasteiger partial charge in [0.1, 0.15) is 0 Å². The van der Waals surface area contributed by atoms with Crippen LogP contribution in [0.15, 0.2) is 23.1 Å². The maximum absolute atomic E-state index is 11.9. The van der Waals surface area contributed by atoms with Crippen molar-refractivity contribution in [2.24, 2.45) is 0 Å². The van der Waals surface area contributed by atoms with Crippen LogP contribution < -0.4 is 4.72 Å². The van der Waals surface area contributed by atoms with Crippen molar-refractivity contribution >= 4 is 49.2 Å². The van der Waals surface area contributed by atoms with Gasteiger partial charge in [-0.3, -0.25) is 0 Å². The predicted molar refractivity (Wildman–Crippen MR) is 76.2 cm³/mol. The molecule has 0 saturated heterocycles. The first-order chi connectivity index (χ1) is 8.36. The smallest absolute Gasteiger partial charge is 0.240 e. The van der Waals surface area contributed by atoms with Crippen LogP contribution in [0.1, 0.15) is 0 Å². The molecule has 0 aliphatic rings. The fourth-order valence-corrected chi connectivity index (χ4v) is 3.28. The number of nitrogens with one attached hydrogen (secondary N) is 1. The van der Waals surface area contributed by atoms with Gasteiger partial charge in [-0.05, 0) is 18.2 Å². The first-order valence-electron chi connectivity index (χ1n) is 4.94. The minimum Gasteiger partial charge on any atom is -0.383 e. The van der Waals surface area contributed by atoms with E-state index in [0.29, 0.717) is 11.6 Å². The van der Waals surface area contributed by atoms with Crippen LogP contribution >= 0.6 is 39.1 Å². The van der Waals surface area contributed by atoms with E-state index in [2.05, 4.69) is 20.7 Å². The van der Waals surface area contributed by atoms with Crippen molar-refractivity contribution in [3.63, 3.8) is 0 Å². The molecule has 4 nitrogen and oxygen atoms in total. The van der Waals surface area contributed by atoms with Crippen LogP contribution in [0.3, 0.4) is 0 Å². The molecule has 0 fully saturated rings. The Bertz CT molecular complexity index is 510. The summed E-state index contributed by atoms with van der Waals surface area (Å²) < 4.78 is 31.2. The lowest BCUT2D eigenvalue weighted by molar-refractivity contribution is 0.201. The van der Waals surface area contributed by atoms with Gasteiger partial charge >= 0.3 is 0 Å². The lowest BCUT2D eigenvalue weighted by atomic mass is 10.4. The zero-order chi connectivity index (χ0) is 13.8. The molecule has 1 rings (SSSR count). The number of sulfonamides is 1. The van der Waals surface area contributed by atoms with Crippen LogP contribution in [-0.4, -0.2) is 33.5 Å². The summed E-state index contributed by atoms with van der Waals surface area (Å²) in [6, 6.07) is 4.15. The quantitative estimate of drug-likeness (QED) is 0.776. The molecule has 1 unspecified atom stereocenters. The average Bonchev–Trinajstić information content (AvgIpc) is 2.30. The number of benzene rings is 1. The molecule has 1 aromatic rings. The van der Waals surface area contributed by atoms with Crippen molar-refractivity contribution in [2.75, 3.05) is 20.3 Å². The Hall–Kier alpha value is 0.150. The van der Waals surface area contributed by atoms with E-state index >= 15 is 0 Å². The standard InChI is InChI=1S/C10H12BrCl2NO3S/c1-17-6-7(11)5-14-18(15,16)8-2-3-9(12)10(13)4-8/h2-4,7,14H,5-6H2,1H3. The van der Waals surface area contributed by atoms with Gasteiger partial charge in [-0.25, -0.2) is 13.1 Å². The second-order valence-corrected chi connectivity index (χ2v) is 7.36. The Morgan fingerprint density at radius 1 is 1.39 bits per heavy atom. The molecule has 0 bridgehead atoms. The van der Waals surface area contributed by atoms with E-state index in [1.807, 2.05) is 0 Å². The molecular formula is C10H12BrCl2NO3S. The van der Waals surface area contributed by atoms with Crippen LogP contribution in [0.25, 0.3) is 0 Å². The van der Waals surface area contributed by atoms with E-state index in [9.17, 15) is 8.42 Å². The predicted octanol–water partition coefficient (Wildman–Crippen LogP) is 2.68. The third-order valence-corrected chi connectivity index (χ3v) is 4.79. The molecule has 1 aromatic carbocycles. The summed E-state index contributed by atoms with van der Waals surface area (Å²) in [5.74, 6) is 0. The second kappa shape index (κ2) is 7.07. The van der Waals surface area contributed by atoms with Crippen molar-refractivity contribution in [2.45, 2.75) is 9.72 Å². The van der Waals surface area contributed by atoms with Crippen LogP contribution in [0.5, 0.6) is 0 Å². The Kier molecular flexibility index (Phi) is 6.37. The minimum absolute atomic E-state index is 0.0778. The summed E-state index contributed by atoms with van der Waals surface area (Å²) in [4.78, 5) is -0.0194. The number of methoxy groups -OCH3 is 1. The number of ether oxygens (including phenoxy) is 1. The van der Waals surface area contributed by atoms with Crippen molar-refractivity contribution in [1.29, 1.82) is 0 Å². The normalized spacial score (nSPS) is 13.6. The molecule has 18 heavy (non-hydrogen) atoms. The first kappa shape index (κ1) is 16.2. The van der Waals surface area contributed by atoms with Crippen molar-refractivity contribution in [3.8, 4) is 0 Å². The highest BCUT2D eigenvalue weighted by molar-refractivity contribution is 9.09. The molecule has 8 heteroatoms. The third-order valence-electron chi connectivity index (χ3n) is 2.04. The molecule has 0 heterocycles. The van der Waals surface area contributed by atoms with Crippen LogP contribution in [0, 0.1) is 0 Å². The van der Waals surface area contributed by atoms with Gasteiger partial charge in [-0.1, -0.05) is 39.1 Å². The van der Waals surface area contributed by atoms with Gasteiger partial charge in [0.25, 0.3) is 0 Å². The van der Waals surface area contributed by atoms with E-state index in [1.165, 1.54) is 18.2 Å². The molecule has 0 amide bonds. The van der Waals surface area contributed by atoms with Crippen molar-refractivity contribution < 1.29 is 13.2 Å². The molecule has 0 spiro atoms. The Labute approximate surface area is 125 Å². The van der Waals surface area contributed by atoms with E-state index in [4.69, 9.17) is 27.9 Å². The Morgan fingerprint density at radius 3 is 2.61 bits per heavy atom.